The van der Waals surface area contributed by atoms with Crippen LogP contribution in [0.1, 0.15) is 60.1 Å². The number of carbonyl (C=O) groups is 2. The number of hydrogen-bond donors (Lipinski definition) is 2. The zero-order chi connectivity index (χ0) is 39.0. The highest BCUT2D eigenvalue weighted by Gasteiger charge is 2.26. The number of hydrogen-bond acceptors (Lipinski definition) is 6. The fourth-order valence-corrected chi connectivity index (χ4v) is 7.19. The molecule has 56 heavy (non-hydrogen) atoms. The number of aryl methyl sites for hydroxylation is 2. The van der Waals surface area contributed by atoms with Gasteiger partial charge in [0.25, 0.3) is 0 Å². The summed E-state index contributed by atoms with van der Waals surface area (Å²) in [7, 11) is 3.30. The highest BCUT2D eigenvalue weighted by molar-refractivity contribution is 6.35. The van der Waals surface area contributed by atoms with Crippen LogP contribution in [0.2, 0.25) is 0 Å². The summed E-state index contributed by atoms with van der Waals surface area (Å²) < 4.78 is 10.7. The van der Waals surface area contributed by atoms with Crippen molar-refractivity contribution in [3.05, 3.63) is 166 Å². The highest BCUT2D eigenvalue weighted by atomic mass is 16.5. The Hall–Kier alpha value is -6.54. The van der Waals surface area contributed by atoms with Gasteiger partial charge < -0.3 is 20.1 Å². The van der Waals surface area contributed by atoms with Crippen LogP contribution in [0.5, 0.6) is 11.5 Å². The zero-order valence-electron chi connectivity index (χ0n) is 32.3. The van der Waals surface area contributed by atoms with Gasteiger partial charge in [-0.2, -0.15) is 0 Å². The lowest BCUT2D eigenvalue weighted by molar-refractivity contribution is -0.116. The van der Waals surface area contributed by atoms with Gasteiger partial charge >= 0.3 is 0 Å². The second kappa shape index (κ2) is 17.3. The van der Waals surface area contributed by atoms with Crippen molar-refractivity contribution >= 4 is 45.8 Å². The van der Waals surface area contributed by atoms with E-state index < -0.39 is 0 Å². The van der Waals surface area contributed by atoms with Gasteiger partial charge in [-0.25, -0.2) is 0 Å². The van der Waals surface area contributed by atoms with Crippen LogP contribution in [0.15, 0.2) is 142 Å². The Labute approximate surface area is 328 Å². The van der Waals surface area contributed by atoms with E-state index in [1.807, 2.05) is 48.5 Å². The van der Waals surface area contributed by atoms with Gasteiger partial charge in [0.2, 0.25) is 11.8 Å². The van der Waals surface area contributed by atoms with Gasteiger partial charge in [0, 0.05) is 33.6 Å². The van der Waals surface area contributed by atoms with E-state index in [2.05, 4.69) is 73.0 Å². The summed E-state index contributed by atoms with van der Waals surface area (Å²) in [6.45, 7) is 5.16. The molecule has 0 fully saturated rings. The Morgan fingerprint density at radius 1 is 0.500 bits per heavy atom. The zero-order valence-corrected chi connectivity index (χ0v) is 32.3. The van der Waals surface area contributed by atoms with Crippen molar-refractivity contribution in [3.63, 3.8) is 0 Å². The molecule has 0 radical (unpaired) electrons. The molecule has 8 heteroatoms. The Kier molecular flexibility index (Phi) is 11.7. The first-order chi connectivity index (χ1) is 27.3. The third-order valence-electron chi connectivity index (χ3n) is 10.3. The van der Waals surface area contributed by atoms with Gasteiger partial charge in [-0.15, -0.1) is 0 Å². The predicted octanol–water partition coefficient (Wildman–Crippen LogP) is 9.40. The van der Waals surface area contributed by atoms with E-state index in [9.17, 15) is 9.59 Å². The molecule has 2 amide bonds. The van der Waals surface area contributed by atoms with Crippen molar-refractivity contribution in [2.45, 2.75) is 39.5 Å². The number of nitrogens with one attached hydrogen (secondary N) is 2. The summed E-state index contributed by atoms with van der Waals surface area (Å²) in [5, 5.41) is 6.09. The molecule has 0 aromatic heterocycles. The fourth-order valence-electron chi connectivity index (χ4n) is 7.19. The molecule has 8 nitrogen and oxygen atoms in total. The Morgan fingerprint density at radius 3 is 1.16 bits per heavy atom. The van der Waals surface area contributed by atoms with E-state index in [1.54, 1.807) is 38.5 Å². The average molecular weight is 743 g/mol. The summed E-state index contributed by atoms with van der Waals surface area (Å²) in [5.74, 6) is 1.29. The van der Waals surface area contributed by atoms with Crippen LogP contribution in [0.25, 0.3) is 11.1 Å². The summed E-state index contributed by atoms with van der Waals surface area (Å²) >= 11 is 0. The number of allylic oxidation sites excluding steroid dienone is 2. The van der Waals surface area contributed by atoms with Crippen LogP contribution in [0, 0.1) is 0 Å². The number of carbonyl (C=O) groups excluding carboxylic acids is 2. The minimum absolute atomic E-state index is 0.133. The molecule has 0 saturated carbocycles. The molecule has 0 atom stereocenters. The van der Waals surface area contributed by atoms with Crippen molar-refractivity contribution < 1.29 is 19.1 Å². The molecule has 0 unspecified atom stereocenters. The third kappa shape index (κ3) is 8.55. The second-order valence-corrected chi connectivity index (χ2v) is 13.9. The van der Waals surface area contributed by atoms with Crippen molar-refractivity contribution in [2.75, 3.05) is 37.9 Å². The smallest absolute Gasteiger partial charge is 0.228 e. The van der Waals surface area contributed by atoms with Crippen molar-refractivity contribution in [1.82, 2.24) is 0 Å². The monoisotopic (exact) mass is 742 g/mol. The summed E-state index contributed by atoms with van der Waals surface area (Å²) in [5.41, 5.74) is 13.5. The number of nitrogens with zero attached hydrogens (tertiary/aromatic N) is 2. The lowest BCUT2D eigenvalue weighted by Crippen LogP contribution is -2.15. The van der Waals surface area contributed by atoms with Crippen LogP contribution in [0.4, 0.5) is 11.4 Å². The van der Waals surface area contributed by atoms with Crippen molar-refractivity contribution in [2.24, 2.45) is 9.98 Å². The Morgan fingerprint density at radius 2 is 0.839 bits per heavy atom. The number of ether oxygens (including phenoxy) is 2. The van der Waals surface area contributed by atoms with Crippen molar-refractivity contribution in [3.8, 4) is 11.5 Å². The molecule has 0 aliphatic carbocycles. The standard InChI is InChI=1S/C48H46N4O4/c1-5-31-7-11-33(12-8-31)45-37(29-49-47(45)35-15-23-41(55-3)24-16-35)27-43(53)51-39-19-21-40(22-20-39)52-44(54)28-38-30-50-48(36-17-25-42(56-4)26-18-36)46(38)34-13-9-32(6-2)10-14-34/h7-26H,5-6,27-30H2,1-4H3,(H,51,53)(H,52,54). The second-order valence-electron chi connectivity index (χ2n) is 13.9. The average Bonchev–Trinajstić information content (AvgIpc) is 3.85. The molecule has 5 aromatic carbocycles. The van der Waals surface area contributed by atoms with Crippen LogP contribution in [-0.4, -0.2) is 50.5 Å². The SMILES string of the molecule is CCc1ccc(C2=C(CC(=O)Nc3ccc(NC(=O)CC4=C(c5ccc(CC)cc5)C(c5ccc(OC)cc5)=NC4)cc3)CN=C2c2ccc(OC)cc2)cc1. The van der Waals surface area contributed by atoms with Crippen LogP contribution in [0.3, 0.4) is 0 Å². The first-order valence-corrected chi connectivity index (χ1v) is 19.1. The fraction of sp³-hybridized carbons (Fsp3) is 0.208. The van der Waals surface area contributed by atoms with Gasteiger partial charge in [-0.3, -0.25) is 19.6 Å². The molecule has 0 bridgehead atoms. The van der Waals surface area contributed by atoms with Gasteiger partial charge in [-0.05, 0) is 119 Å². The van der Waals surface area contributed by atoms with Crippen molar-refractivity contribution in [1.29, 1.82) is 0 Å². The quantitative estimate of drug-likeness (QED) is 0.118. The van der Waals surface area contributed by atoms with Crippen LogP contribution < -0.4 is 20.1 Å². The molecule has 282 valence electrons. The normalized spacial score (nSPS) is 13.7. The number of methoxy groups -OCH3 is 2. The Bertz CT molecular complexity index is 2170. The number of anilines is 2. The van der Waals surface area contributed by atoms with E-state index in [1.165, 1.54) is 11.1 Å². The maximum absolute atomic E-state index is 13.5. The third-order valence-corrected chi connectivity index (χ3v) is 10.3. The van der Waals surface area contributed by atoms with Crippen LogP contribution in [-0.2, 0) is 22.4 Å². The lowest BCUT2D eigenvalue weighted by Gasteiger charge is -2.13. The van der Waals surface area contributed by atoms with Crippen LogP contribution >= 0.6 is 0 Å². The van der Waals surface area contributed by atoms with E-state index in [4.69, 9.17) is 19.5 Å². The van der Waals surface area contributed by atoms with Gasteiger partial charge in [0.05, 0.1) is 51.6 Å². The van der Waals surface area contributed by atoms with Gasteiger partial charge in [0.15, 0.2) is 0 Å². The number of amides is 2. The predicted molar refractivity (Wildman–Crippen MR) is 227 cm³/mol. The van der Waals surface area contributed by atoms with Gasteiger partial charge in [-0.1, -0.05) is 62.4 Å². The van der Waals surface area contributed by atoms with E-state index in [0.29, 0.717) is 24.5 Å². The Balaban J connectivity index is 1.03. The number of benzene rings is 5. The molecular weight excluding hydrogens is 697 g/mol. The molecule has 0 spiro atoms. The number of rotatable bonds is 14. The summed E-state index contributed by atoms with van der Waals surface area (Å²) in [6.07, 6.45) is 2.30. The topological polar surface area (TPSA) is 101 Å². The molecular formula is C48H46N4O4. The number of aliphatic imine (C=N–C) groups is 2. The minimum atomic E-state index is -0.133. The summed E-state index contributed by atoms with van der Waals surface area (Å²) in [4.78, 5) is 36.7. The lowest BCUT2D eigenvalue weighted by atomic mass is 9.91. The molecule has 2 heterocycles. The molecule has 2 aliphatic rings. The molecule has 2 aliphatic heterocycles. The molecule has 0 saturated heterocycles. The highest BCUT2D eigenvalue weighted by Crippen LogP contribution is 2.34. The van der Waals surface area contributed by atoms with Gasteiger partial charge in [0.1, 0.15) is 11.5 Å². The van der Waals surface area contributed by atoms with E-state index in [0.717, 1.165) is 80.3 Å². The van der Waals surface area contributed by atoms with E-state index >= 15 is 0 Å². The molecule has 2 N–H and O–H groups in total. The minimum Gasteiger partial charge on any atom is -0.497 e. The molecule has 7 rings (SSSR count). The maximum Gasteiger partial charge on any atom is 0.228 e. The summed E-state index contributed by atoms with van der Waals surface area (Å²) in [6, 6.07) is 39.9. The maximum atomic E-state index is 13.5. The molecule has 5 aromatic rings. The first kappa shape index (κ1) is 37.8. The van der Waals surface area contributed by atoms with E-state index in [-0.39, 0.29) is 24.7 Å². The first-order valence-electron chi connectivity index (χ1n) is 19.1. The largest absolute Gasteiger partial charge is 0.497 e.